The lowest BCUT2D eigenvalue weighted by Crippen LogP contribution is -2.05. The minimum Gasteiger partial charge on any atom is -0.493 e. The average Bonchev–Trinajstić information content (AvgIpc) is 3.19. The summed E-state index contributed by atoms with van der Waals surface area (Å²) >= 11 is 3.53. The molecule has 0 saturated carbocycles. The van der Waals surface area contributed by atoms with Crippen molar-refractivity contribution in [2.75, 3.05) is 31.8 Å². The number of hydrogen-bond acceptors (Lipinski definition) is 8. The molecular formula is C19H22N4O2S2. The summed E-state index contributed by atoms with van der Waals surface area (Å²) in [6.45, 7) is 0.866. The van der Waals surface area contributed by atoms with E-state index < -0.39 is 0 Å². The van der Waals surface area contributed by atoms with Crippen molar-refractivity contribution in [1.29, 1.82) is 0 Å². The highest BCUT2D eigenvalue weighted by molar-refractivity contribution is 7.98. The number of nitrogens with zero attached hydrogens (tertiary/aromatic N) is 3. The van der Waals surface area contributed by atoms with Crippen molar-refractivity contribution in [2.45, 2.75) is 12.2 Å². The number of anilines is 1. The van der Waals surface area contributed by atoms with Gasteiger partial charge in [0.15, 0.2) is 11.5 Å². The molecule has 27 heavy (non-hydrogen) atoms. The summed E-state index contributed by atoms with van der Waals surface area (Å²) in [6, 6.07) is 7.69. The number of ether oxygens (including phenoxy) is 2. The second-order valence-corrected chi connectivity index (χ2v) is 7.58. The SMILES string of the molecule is COc1ccc(-c2nc(CSCCCNc3ncccn3)cs2)cc1OC. The monoisotopic (exact) mass is 402 g/mol. The van der Waals surface area contributed by atoms with E-state index in [1.54, 1.807) is 38.0 Å². The van der Waals surface area contributed by atoms with Crippen LogP contribution in [0.2, 0.25) is 0 Å². The second kappa shape index (κ2) is 10.1. The normalized spacial score (nSPS) is 10.6. The predicted molar refractivity (Wildman–Crippen MR) is 112 cm³/mol. The van der Waals surface area contributed by atoms with Gasteiger partial charge in [0.1, 0.15) is 5.01 Å². The fourth-order valence-corrected chi connectivity index (χ4v) is 4.19. The summed E-state index contributed by atoms with van der Waals surface area (Å²) in [5.41, 5.74) is 2.15. The number of hydrogen-bond donors (Lipinski definition) is 1. The molecular weight excluding hydrogens is 380 g/mol. The molecule has 0 fully saturated rings. The van der Waals surface area contributed by atoms with Crippen LogP contribution in [0.1, 0.15) is 12.1 Å². The molecule has 3 aromatic rings. The van der Waals surface area contributed by atoms with Crippen molar-refractivity contribution in [3.8, 4) is 22.1 Å². The molecule has 1 aromatic carbocycles. The average molecular weight is 403 g/mol. The van der Waals surface area contributed by atoms with Gasteiger partial charge in [-0.3, -0.25) is 0 Å². The summed E-state index contributed by atoms with van der Waals surface area (Å²) in [6.07, 6.45) is 4.53. The Bertz CT molecular complexity index is 843. The summed E-state index contributed by atoms with van der Waals surface area (Å²) in [5.74, 6) is 4.09. The van der Waals surface area contributed by atoms with Crippen LogP contribution in [-0.4, -0.2) is 41.5 Å². The molecule has 142 valence electrons. The van der Waals surface area contributed by atoms with E-state index >= 15 is 0 Å². The molecule has 0 amide bonds. The van der Waals surface area contributed by atoms with Crippen LogP contribution in [0.4, 0.5) is 5.95 Å². The fourth-order valence-electron chi connectivity index (χ4n) is 2.42. The highest BCUT2D eigenvalue weighted by Gasteiger charge is 2.09. The molecule has 0 aliphatic carbocycles. The maximum absolute atomic E-state index is 5.37. The van der Waals surface area contributed by atoms with E-state index in [1.807, 2.05) is 36.0 Å². The molecule has 6 nitrogen and oxygen atoms in total. The third-order valence-corrected chi connectivity index (χ3v) is 5.76. The number of rotatable bonds is 10. The lowest BCUT2D eigenvalue weighted by atomic mass is 10.2. The van der Waals surface area contributed by atoms with E-state index in [9.17, 15) is 0 Å². The molecule has 0 bridgehead atoms. The topological polar surface area (TPSA) is 69.2 Å². The van der Waals surface area contributed by atoms with E-state index in [2.05, 4.69) is 20.7 Å². The van der Waals surface area contributed by atoms with Crippen molar-refractivity contribution in [2.24, 2.45) is 0 Å². The predicted octanol–water partition coefficient (Wildman–Crippen LogP) is 4.35. The number of nitrogens with one attached hydrogen (secondary N) is 1. The highest BCUT2D eigenvalue weighted by atomic mass is 32.2. The molecule has 0 radical (unpaired) electrons. The van der Waals surface area contributed by atoms with Crippen LogP contribution in [0, 0.1) is 0 Å². The van der Waals surface area contributed by atoms with Gasteiger partial charge < -0.3 is 14.8 Å². The second-order valence-electron chi connectivity index (χ2n) is 5.62. The zero-order valence-corrected chi connectivity index (χ0v) is 17.0. The zero-order chi connectivity index (χ0) is 18.9. The molecule has 0 aliphatic heterocycles. The van der Waals surface area contributed by atoms with Crippen molar-refractivity contribution >= 4 is 29.0 Å². The first kappa shape index (κ1) is 19.4. The van der Waals surface area contributed by atoms with Gasteiger partial charge in [0, 0.05) is 35.6 Å². The maximum Gasteiger partial charge on any atom is 0.222 e. The molecule has 2 aromatic heterocycles. The van der Waals surface area contributed by atoms with Crippen molar-refractivity contribution in [3.05, 3.63) is 47.7 Å². The van der Waals surface area contributed by atoms with Crippen molar-refractivity contribution in [1.82, 2.24) is 15.0 Å². The molecule has 3 rings (SSSR count). The fraction of sp³-hybridized carbons (Fsp3) is 0.316. The third-order valence-electron chi connectivity index (χ3n) is 3.75. The van der Waals surface area contributed by atoms with Crippen LogP contribution < -0.4 is 14.8 Å². The molecule has 0 atom stereocenters. The Balaban J connectivity index is 1.44. The molecule has 2 heterocycles. The van der Waals surface area contributed by atoms with Gasteiger partial charge in [-0.15, -0.1) is 11.3 Å². The number of thioether (sulfide) groups is 1. The van der Waals surface area contributed by atoms with Crippen LogP contribution in [-0.2, 0) is 5.75 Å². The third kappa shape index (κ3) is 5.58. The first-order chi connectivity index (χ1) is 13.3. The van der Waals surface area contributed by atoms with Gasteiger partial charge in [-0.05, 0) is 36.4 Å². The highest BCUT2D eigenvalue weighted by Crippen LogP contribution is 2.33. The van der Waals surface area contributed by atoms with Crippen LogP contribution >= 0.6 is 23.1 Å². The van der Waals surface area contributed by atoms with E-state index in [1.165, 1.54) is 0 Å². The van der Waals surface area contributed by atoms with E-state index in [0.29, 0.717) is 5.95 Å². The minimum absolute atomic E-state index is 0.682. The summed E-state index contributed by atoms with van der Waals surface area (Å²) in [5, 5.41) is 6.33. The van der Waals surface area contributed by atoms with Gasteiger partial charge in [0.25, 0.3) is 0 Å². The zero-order valence-electron chi connectivity index (χ0n) is 15.3. The standard InChI is InChI=1S/C19H22N4O2S2/c1-24-16-6-5-14(11-17(16)25-2)18-23-15(13-27-18)12-26-10-4-9-22-19-20-7-3-8-21-19/h3,5-8,11,13H,4,9-10,12H2,1-2H3,(H,20,21,22). The van der Waals surface area contributed by atoms with Gasteiger partial charge in [0.05, 0.1) is 19.9 Å². The number of thiazole rings is 1. The van der Waals surface area contributed by atoms with Crippen LogP contribution in [0.3, 0.4) is 0 Å². The Morgan fingerprint density at radius 1 is 1.11 bits per heavy atom. The smallest absolute Gasteiger partial charge is 0.222 e. The Morgan fingerprint density at radius 2 is 1.93 bits per heavy atom. The molecule has 1 N–H and O–H groups in total. The largest absolute Gasteiger partial charge is 0.493 e. The molecule has 0 spiro atoms. The quantitative estimate of drug-likeness (QED) is 0.506. The van der Waals surface area contributed by atoms with E-state index in [-0.39, 0.29) is 0 Å². The Kier molecular flexibility index (Phi) is 7.29. The van der Waals surface area contributed by atoms with Gasteiger partial charge >= 0.3 is 0 Å². The Morgan fingerprint density at radius 3 is 2.70 bits per heavy atom. The minimum atomic E-state index is 0.682. The molecule has 0 unspecified atom stereocenters. The van der Waals surface area contributed by atoms with Crippen molar-refractivity contribution < 1.29 is 9.47 Å². The molecule has 0 saturated heterocycles. The van der Waals surface area contributed by atoms with Gasteiger partial charge in [-0.25, -0.2) is 15.0 Å². The van der Waals surface area contributed by atoms with Crippen LogP contribution in [0.25, 0.3) is 10.6 Å². The van der Waals surface area contributed by atoms with Crippen LogP contribution in [0.15, 0.2) is 42.0 Å². The Labute approximate surface area is 167 Å². The summed E-state index contributed by atoms with van der Waals surface area (Å²) < 4.78 is 10.7. The summed E-state index contributed by atoms with van der Waals surface area (Å²) in [7, 11) is 3.28. The van der Waals surface area contributed by atoms with E-state index in [4.69, 9.17) is 14.5 Å². The van der Waals surface area contributed by atoms with Gasteiger partial charge in [0.2, 0.25) is 5.95 Å². The molecule has 8 heteroatoms. The number of benzene rings is 1. The summed E-state index contributed by atoms with van der Waals surface area (Å²) in [4.78, 5) is 13.0. The Hall–Kier alpha value is -2.32. The lowest BCUT2D eigenvalue weighted by Gasteiger charge is -2.08. The number of aromatic nitrogens is 3. The lowest BCUT2D eigenvalue weighted by molar-refractivity contribution is 0.355. The number of methoxy groups -OCH3 is 2. The first-order valence-electron chi connectivity index (χ1n) is 8.55. The van der Waals surface area contributed by atoms with Crippen molar-refractivity contribution in [3.63, 3.8) is 0 Å². The van der Waals surface area contributed by atoms with Gasteiger partial charge in [-0.1, -0.05) is 0 Å². The van der Waals surface area contributed by atoms with Crippen LogP contribution in [0.5, 0.6) is 11.5 Å². The first-order valence-corrected chi connectivity index (χ1v) is 10.6. The molecule has 0 aliphatic rings. The maximum atomic E-state index is 5.37. The van der Waals surface area contributed by atoms with Gasteiger partial charge in [-0.2, -0.15) is 11.8 Å². The van der Waals surface area contributed by atoms with E-state index in [0.717, 1.165) is 52.2 Å².